The Hall–Kier alpha value is -6.65. The lowest BCUT2D eigenvalue weighted by molar-refractivity contribution is -0.137. The van der Waals surface area contributed by atoms with Gasteiger partial charge in [0.05, 0.1) is 35.4 Å². The molecule has 0 spiro atoms. The standard InChI is InChI=1S/2C23H29F2N5O2.C21H26F3N5O/c2*24-23(25)32-20-3-14(7-27-22(20)26)18-6-19(30(28-18)10-12-1-2-12)21-16-4-15(5-17(16)21)29-8-13(9-29)11-31;1-10(2)29-15(17-12-7-16-19(18(12)17)30-5-4-28(16)3)8-14(27-29)11-6-13(21(22,23)24)20(25)26-9-11/h2*3,6-7,12-13,15-17,21,23,31H,1-2,4-5,8-11H2,(H2,26,27);6,8-10,12,16-19H,4-5,7H2,1-3H3,(H2,25,26)/t2*15?,16-,17+,21?;12-,16?,17+,18-,19?/m..1/s1. The SMILES string of the molecule is CC(C)n1nc(-c2cnc(N)c(C(F)(F)F)c2)cc1[C@@H]1[C@H]2CC3C(OCCN3C)[C@H]21.Nc1ncc(-c2cc(C3[C@H]4CC(N5CC(CO)C5)C[C@@H]34)n(CC3CC3)n2)cc1OC(F)F.Nc1ncc(-c2cc(C3[C@H]4CC(N5CC(CO)C5)C[C@@H]34)n(CC3CC3)n2)cc1OC(F)F. The lowest BCUT2D eigenvalue weighted by Gasteiger charge is -2.43. The minimum absolute atomic E-state index is 0.0520. The van der Waals surface area contributed by atoms with Gasteiger partial charge in [0.25, 0.3) is 0 Å². The third-order valence-electron chi connectivity index (χ3n) is 22.6. The number of anilines is 3. The van der Waals surface area contributed by atoms with E-state index in [-0.39, 0.29) is 35.3 Å². The van der Waals surface area contributed by atoms with Crippen molar-refractivity contribution in [1.29, 1.82) is 0 Å². The van der Waals surface area contributed by atoms with Gasteiger partial charge in [-0.2, -0.15) is 46.0 Å². The number of ether oxygens (including phenoxy) is 3. The minimum atomic E-state index is -4.55. The predicted octanol–water partition coefficient (Wildman–Crippen LogP) is 9.47. The number of aliphatic hydroxyl groups excluding tert-OH is 2. The van der Waals surface area contributed by atoms with Crippen molar-refractivity contribution in [3.05, 3.63) is 77.6 Å². The molecule has 3 aliphatic heterocycles. The van der Waals surface area contributed by atoms with Crippen molar-refractivity contribution in [2.24, 2.45) is 59.2 Å². The van der Waals surface area contributed by atoms with Gasteiger partial charge in [0.2, 0.25) is 0 Å². The maximum atomic E-state index is 13.3. The van der Waals surface area contributed by atoms with E-state index in [9.17, 15) is 40.9 Å². The molecule has 0 aromatic carbocycles. The molecule has 6 aromatic heterocycles. The summed E-state index contributed by atoms with van der Waals surface area (Å²) in [5.74, 6) is 6.59. The first-order chi connectivity index (χ1) is 45.2. The number of likely N-dealkylation sites (N-methyl/N-ethyl adjacent to an activating group) is 1. The molecular weight excluding hydrogens is 1230 g/mol. The van der Waals surface area contributed by atoms with E-state index < -0.39 is 30.8 Å². The number of nitrogens with zero attached hydrogens (tertiary/aromatic N) is 12. The monoisotopic (exact) mass is 1310 g/mol. The van der Waals surface area contributed by atoms with E-state index in [1.807, 2.05) is 24.6 Å². The molecule has 8 aliphatic carbocycles. The van der Waals surface area contributed by atoms with Crippen LogP contribution in [0.15, 0.2) is 55.0 Å². The van der Waals surface area contributed by atoms with Crippen LogP contribution in [0.2, 0.25) is 0 Å². The molecule has 11 fully saturated rings. The van der Waals surface area contributed by atoms with Crippen molar-refractivity contribution in [2.45, 2.75) is 152 Å². The number of nitrogens with two attached hydrogens (primary N) is 3. The van der Waals surface area contributed by atoms with Gasteiger partial charge in [0.1, 0.15) is 5.82 Å². The average Bonchev–Trinajstić information content (AvgIpc) is 1.56. The summed E-state index contributed by atoms with van der Waals surface area (Å²) in [5, 5.41) is 32.9. The first-order valence-electron chi connectivity index (χ1n) is 33.7. The van der Waals surface area contributed by atoms with Gasteiger partial charge in [-0.1, -0.05) is 0 Å². The Morgan fingerprint density at radius 2 is 1.02 bits per heavy atom. The molecule has 20 nitrogen and oxygen atoms in total. The number of halogens is 7. The van der Waals surface area contributed by atoms with Gasteiger partial charge >= 0.3 is 19.4 Å². The Labute approximate surface area is 540 Å². The van der Waals surface area contributed by atoms with Crippen LogP contribution in [0.5, 0.6) is 11.5 Å². The third-order valence-corrected chi connectivity index (χ3v) is 22.6. The number of aromatic nitrogens is 9. The average molecular weight is 1310 g/mol. The Bertz CT molecular complexity index is 3550. The van der Waals surface area contributed by atoms with E-state index in [2.05, 4.69) is 72.8 Å². The Balaban J connectivity index is 0.000000116. The smallest absolute Gasteiger partial charge is 0.419 e. The van der Waals surface area contributed by atoms with Gasteiger partial charge in [0.15, 0.2) is 23.1 Å². The maximum Gasteiger partial charge on any atom is 0.419 e. The number of aliphatic hydroxyl groups is 2. The summed E-state index contributed by atoms with van der Waals surface area (Å²) in [4.78, 5) is 19.3. The summed E-state index contributed by atoms with van der Waals surface area (Å²) < 4.78 is 112. The molecule has 0 radical (unpaired) electrons. The molecule has 3 saturated heterocycles. The van der Waals surface area contributed by atoms with Crippen molar-refractivity contribution < 1.29 is 55.2 Å². The molecule has 6 aromatic rings. The highest BCUT2D eigenvalue weighted by Gasteiger charge is 2.66. The van der Waals surface area contributed by atoms with Crippen LogP contribution in [-0.2, 0) is 24.0 Å². The van der Waals surface area contributed by atoms with Crippen LogP contribution in [0.3, 0.4) is 0 Å². The molecule has 9 heterocycles. The van der Waals surface area contributed by atoms with E-state index in [4.69, 9.17) is 32.1 Å². The lowest BCUT2D eigenvalue weighted by Crippen LogP contribution is -2.52. The highest BCUT2D eigenvalue weighted by molar-refractivity contribution is 5.66. The molecule has 8 saturated carbocycles. The normalized spacial score (nSPS) is 30.3. The van der Waals surface area contributed by atoms with Crippen LogP contribution in [0.1, 0.15) is 118 Å². The number of hydrogen-bond donors (Lipinski definition) is 5. The molecule has 94 heavy (non-hydrogen) atoms. The second-order valence-corrected chi connectivity index (χ2v) is 29.1. The van der Waals surface area contributed by atoms with Crippen LogP contribution < -0.4 is 26.7 Å². The van der Waals surface area contributed by atoms with E-state index >= 15 is 0 Å². The molecule has 11 aliphatic rings. The van der Waals surface area contributed by atoms with Gasteiger partial charge in [-0.25, -0.2) is 15.0 Å². The van der Waals surface area contributed by atoms with Crippen LogP contribution >= 0.6 is 0 Å². The molecule has 506 valence electrons. The highest BCUT2D eigenvalue weighted by Crippen LogP contribution is 2.67. The maximum absolute atomic E-state index is 13.3. The molecule has 17 rings (SSSR count). The molecule has 0 amide bonds. The summed E-state index contributed by atoms with van der Waals surface area (Å²) in [5.41, 5.74) is 23.1. The van der Waals surface area contributed by atoms with Crippen LogP contribution in [0, 0.1) is 59.2 Å². The molecule has 8 N–H and O–H groups in total. The van der Waals surface area contributed by atoms with Gasteiger partial charge < -0.3 is 41.6 Å². The number of nitrogen functional groups attached to an aromatic ring is 3. The summed E-state index contributed by atoms with van der Waals surface area (Å²) in [6, 6.07) is 12.1. The Kier molecular flexibility index (Phi) is 16.7. The van der Waals surface area contributed by atoms with Crippen molar-refractivity contribution in [3.8, 4) is 45.3 Å². The molecule has 27 heteroatoms. The summed E-state index contributed by atoms with van der Waals surface area (Å²) >= 11 is 0. The van der Waals surface area contributed by atoms with Gasteiger partial charge in [-0.3, -0.25) is 28.7 Å². The third kappa shape index (κ3) is 12.5. The topological polar surface area (TPSA) is 248 Å². The second-order valence-electron chi connectivity index (χ2n) is 29.1. The van der Waals surface area contributed by atoms with E-state index in [1.165, 1.54) is 81.1 Å². The number of hydrogen-bond acceptors (Lipinski definition) is 17. The molecule has 0 bridgehead atoms. The zero-order chi connectivity index (χ0) is 65.3. The first kappa shape index (κ1) is 63.4. The molecule has 13 atom stereocenters. The number of fused-ring (bicyclic) bond motifs is 5. The number of alkyl halides is 7. The van der Waals surface area contributed by atoms with Gasteiger partial charge in [-0.15, -0.1) is 0 Å². The van der Waals surface area contributed by atoms with Gasteiger partial charge in [0, 0.05) is 165 Å². The van der Waals surface area contributed by atoms with E-state index in [1.54, 1.807) is 12.4 Å². The van der Waals surface area contributed by atoms with Crippen LogP contribution in [0.25, 0.3) is 33.8 Å². The summed E-state index contributed by atoms with van der Waals surface area (Å²) in [7, 11) is 2.16. The number of rotatable bonds is 19. The quantitative estimate of drug-likeness (QED) is 0.0474. The predicted molar refractivity (Wildman–Crippen MR) is 334 cm³/mol. The number of likely N-dealkylation sites (tertiary alicyclic amines) is 2. The van der Waals surface area contributed by atoms with E-state index in [0.29, 0.717) is 131 Å². The summed E-state index contributed by atoms with van der Waals surface area (Å²) in [6.07, 6.45) is 11.1. The first-order valence-corrected chi connectivity index (χ1v) is 33.7. The Morgan fingerprint density at radius 1 is 0.574 bits per heavy atom. The number of morpholine rings is 1. The Morgan fingerprint density at radius 3 is 1.46 bits per heavy atom. The fourth-order valence-corrected chi connectivity index (χ4v) is 17.2. The van der Waals surface area contributed by atoms with Crippen molar-refractivity contribution in [3.63, 3.8) is 0 Å². The number of pyridine rings is 3. The second kappa shape index (κ2) is 24.8. The van der Waals surface area contributed by atoms with Crippen LogP contribution in [0.4, 0.5) is 48.2 Å². The van der Waals surface area contributed by atoms with Crippen molar-refractivity contribution >= 4 is 17.5 Å². The fraction of sp³-hybridized carbons (Fsp3) is 0.642. The van der Waals surface area contributed by atoms with Crippen LogP contribution in [-0.4, -0.2) is 166 Å². The fourth-order valence-electron chi connectivity index (χ4n) is 17.2. The molecular formula is C67H84F7N15O5. The summed E-state index contributed by atoms with van der Waals surface area (Å²) in [6.45, 7) is 6.44. The van der Waals surface area contributed by atoms with Crippen molar-refractivity contribution in [1.82, 2.24) is 59.0 Å². The zero-order valence-electron chi connectivity index (χ0n) is 53.0. The lowest BCUT2D eigenvalue weighted by atomic mass is 9.95. The molecule has 6 unspecified atom stereocenters. The zero-order valence-corrected chi connectivity index (χ0v) is 53.0. The minimum Gasteiger partial charge on any atom is -0.431 e. The van der Waals surface area contributed by atoms with Crippen molar-refractivity contribution in [2.75, 3.05) is 76.8 Å². The van der Waals surface area contributed by atoms with E-state index in [0.717, 1.165) is 82.0 Å². The largest absolute Gasteiger partial charge is 0.431 e. The highest BCUT2D eigenvalue weighted by atomic mass is 19.4. The van der Waals surface area contributed by atoms with Gasteiger partial charge in [-0.05, 0) is 162 Å².